The molecule has 1 aromatic carbocycles. The summed E-state index contributed by atoms with van der Waals surface area (Å²) in [5.74, 6) is -1.84. The summed E-state index contributed by atoms with van der Waals surface area (Å²) in [5, 5.41) is 14.8. The number of benzene rings is 1. The highest BCUT2D eigenvalue weighted by atomic mass is 32.2. The summed E-state index contributed by atoms with van der Waals surface area (Å²) in [5.41, 5.74) is -2.69. The molecule has 1 saturated heterocycles. The molecule has 2 aromatic rings. The summed E-state index contributed by atoms with van der Waals surface area (Å²) in [7, 11) is -4.41. The third-order valence-corrected chi connectivity index (χ3v) is 14.6. The standard InChI is InChI=1S/C41H54FN5O10S/c1-6-25-19-24(2)9-7-8-10-26-21-41(26,37(50)45-58(53,54)40(23-42)14-15-40)44-34(48)30-20-27(22-46(30)36(49)32(25)47(38(51)52)39(3,4)5)57-35-29-11-12-31-33(56-18-17-55-31)28(29)13-16-43-35/h8,10-13,16,24-27,30,32H,6-7,9,14-15,17-23H2,1-5H3,(H,44,48)(H,45,50)(H,51,52)/t24-,25+,26+,27+,30-,32-,41+/m0/s1. The molecule has 3 aliphatic heterocycles. The molecule has 0 spiro atoms. The van der Waals surface area contributed by atoms with E-state index >= 15 is 4.79 Å². The van der Waals surface area contributed by atoms with Gasteiger partial charge in [-0.2, -0.15) is 0 Å². The summed E-state index contributed by atoms with van der Waals surface area (Å²) >= 11 is 0. The number of nitrogens with one attached hydrogen (secondary N) is 2. The molecule has 0 radical (unpaired) electrons. The molecule has 7 atom stereocenters. The van der Waals surface area contributed by atoms with Crippen molar-refractivity contribution in [1.82, 2.24) is 24.8 Å². The van der Waals surface area contributed by atoms with Gasteiger partial charge in [0.05, 0.1) is 6.54 Å². The van der Waals surface area contributed by atoms with Crippen molar-refractivity contribution in [3.63, 3.8) is 0 Å². The number of alkyl halides is 1. The third kappa shape index (κ3) is 7.65. The van der Waals surface area contributed by atoms with Crippen LogP contribution in [0.3, 0.4) is 0 Å². The Morgan fingerprint density at radius 1 is 1.14 bits per heavy atom. The van der Waals surface area contributed by atoms with Crippen molar-refractivity contribution >= 4 is 44.6 Å². The summed E-state index contributed by atoms with van der Waals surface area (Å²) in [6.07, 6.45) is 5.67. The van der Waals surface area contributed by atoms with Gasteiger partial charge in [-0.05, 0) is 89.3 Å². The van der Waals surface area contributed by atoms with Crippen LogP contribution in [0.1, 0.15) is 86.0 Å². The first-order valence-corrected chi connectivity index (χ1v) is 21.7. The number of hydrogen-bond acceptors (Lipinski definition) is 10. The van der Waals surface area contributed by atoms with Crippen molar-refractivity contribution in [3.05, 3.63) is 36.5 Å². The lowest BCUT2D eigenvalue weighted by Gasteiger charge is -2.44. The second-order valence-corrected chi connectivity index (χ2v) is 19.7. The predicted molar refractivity (Wildman–Crippen MR) is 211 cm³/mol. The quantitative estimate of drug-likeness (QED) is 0.312. The van der Waals surface area contributed by atoms with Gasteiger partial charge in [0, 0.05) is 34.8 Å². The monoisotopic (exact) mass is 827 g/mol. The number of nitrogens with zero attached hydrogens (tertiary/aromatic N) is 3. The van der Waals surface area contributed by atoms with Crippen LogP contribution in [0.25, 0.3) is 10.8 Å². The average Bonchev–Trinajstić information content (AvgIpc) is 4.08. The minimum atomic E-state index is -4.41. The first kappa shape index (κ1) is 41.5. The zero-order valence-corrected chi connectivity index (χ0v) is 34.5. The molecule has 17 heteroatoms. The molecule has 7 rings (SSSR count). The van der Waals surface area contributed by atoms with Gasteiger partial charge in [-0.3, -0.25) is 24.0 Å². The number of pyridine rings is 1. The number of hydrogen-bond donors (Lipinski definition) is 3. The Labute approximate surface area is 338 Å². The largest absolute Gasteiger partial charge is 0.486 e. The van der Waals surface area contributed by atoms with Crippen LogP contribution in [0.2, 0.25) is 0 Å². The van der Waals surface area contributed by atoms with Crippen LogP contribution in [0.4, 0.5) is 9.18 Å². The average molecular weight is 828 g/mol. The predicted octanol–water partition coefficient (Wildman–Crippen LogP) is 4.73. The van der Waals surface area contributed by atoms with Crippen LogP contribution in [0.5, 0.6) is 17.4 Å². The molecule has 15 nitrogen and oxygen atoms in total. The zero-order chi connectivity index (χ0) is 41.8. The normalized spacial score (nSPS) is 29.6. The number of aromatic nitrogens is 1. The Morgan fingerprint density at radius 3 is 2.55 bits per heavy atom. The number of carbonyl (C=O) groups excluding carboxylic acids is 3. The Hall–Kier alpha value is -4.67. The number of ether oxygens (including phenoxy) is 3. The number of amides is 4. The molecular formula is C41H54FN5O10S. The van der Waals surface area contributed by atoms with Gasteiger partial charge >= 0.3 is 6.09 Å². The summed E-state index contributed by atoms with van der Waals surface area (Å²) < 4.78 is 59.0. The fourth-order valence-corrected chi connectivity index (χ4v) is 10.3. The molecule has 3 N–H and O–H groups in total. The maximum absolute atomic E-state index is 15.2. The number of sulfonamides is 1. The van der Waals surface area contributed by atoms with E-state index in [1.165, 1.54) is 9.80 Å². The molecule has 58 heavy (non-hydrogen) atoms. The van der Waals surface area contributed by atoms with E-state index in [1.54, 1.807) is 51.2 Å². The zero-order valence-electron chi connectivity index (χ0n) is 33.7. The molecular weight excluding hydrogens is 774 g/mol. The van der Waals surface area contributed by atoms with Crippen LogP contribution >= 0.6 is 0 Å². The maximum Gasteiger partial charge on any atom is 0.408 e. The van der Waals surface area contributed by atoms with Crippen molar-refractivity contribution in [2.75, 3.05) is 26.4 Å². The third-order valence-electron chi connectivity index (χ3n) is 12.5. The lowest BCUT2D eigenvalue weighted by molar-refractivity contribution is -0.146. The van der Waals surface area contributed by atoms with Gasteiger partial charge in [0.2, 0.25) is 27.7 Å². The molecule has 1 aromatic heterocycles. The van der Waals surface area contributed by atoms with E-state index in [1.807, 2.05) is 13.0 Å². The van der Waals surface area contributed by atoms with Gasteiger partial charge in [-0.15, -0.1) is 0 Å². The van der Waals surface area contributed by atoms with Crippen molar-refractivity contribution in [2.24, 2.45) is 17.8 Å². The smallest absolute Gasteiger partial charge is 0.408 e. The molecule has 316 valence electrons. The lowest BCUT2D eigenvalue weighted by Crippen LogP contribution is -2.62. The van der Waals surface area contributed by atoms with Gasteiger partial charge < -0.3 is 29.5 Å². The van der Waals surface area contributed by atoms with Gasteiger partial charge in [-0.1, -0.05) is 32.4 Å². The van der Waals surface area contributed by atoms with Gasteiger partial charge in [-0.25, -0.2) is 22.6 Å². The van der Waals surface area contributed by atoms with Crippen LogP contribution in [-0.4, -0.2) is 113 Å². The first-order chi connectivity index (χ1) is 27.4. The number of carboxylic acid groups (broad SMARTS) is 1. The van der Waals surface area contributed by atoms with Crippen molar-refractivity contribution < 1.29 is 51.3 Å². The molecule has 0 unspecified atom stereocenters. The summed E-state index contributed by atoms with van der Waals surface area (Å²) in [6, 6.07) is 2.90. The second kappa shape index (κ2) is 15.5. The van der Waals surface area contributed by atoms with E-state index in [-0.39, 0.29) is 44.0 Å². The first-order valence-electron chi connectivity index (χ1n) is 20.2. The summed E-state index contributed by atoms with van der Waals surface area (Å²) in [4.78, 5) is 64.1. The Balaban J connectivity index is 1.27. The Morgan fingerprint density at radius 2 is 1.88 bits per heavy atom. The molecule has 2 aliphatic carbocycles. The minimum Gasteiger partial charge on any atom is -0.486 e. The molecule has 0 bridgehead atoms. The van der Waals surface area contributed by atoms with E-state index in [0.717, 1.165) is 0 Å². The number of rotatable bonds is 8. The number of fused-ring (bicyclic) bond motifs is 5. The fourth-order valence-electron chi connectivity index (χ4n) is 8.90. The number of carbonyl (C=O) groups is 4. The topological polar surface area (TPSA) is 194 Å². The lowest BCUT2D eigenvalue weighted by atomic mass is 9.82. The molecule has 2 saturated carbocycles. The molecule has 4 heterocycles. The fraction of sp³-hybridized carbons (Fsp3) is 0.634. The maximum atomic E-state index is 15.2. The second-order valence-electron chi connectivity index (χ2n) is 17.6. The SMILES string of the molecule is CC[C@@H]1C[C@@H](C)CCC=C[C@@H]2C[C@@]2(C(=O)NS(=O)(=O)C2(CF)CC2)NC(=O)[C@@H]2C[C@@H](Oc3nccc4c5c(ccc34)OCCO5)CN2C(=O)[C@H]1N(C(=O)O)C(C)(C)C. The number of halogens is 1. The van der Waals surface area contributed by atoms with Crippen molar-refractivity contribution in [3.8, 4) is 17.4 Å². The van der Waals surface area contributed by atoms with E-state index in [9.17, 15) is 32.3 Å². The van der Waals surface area contributed by atoms with Gasteiger partial charge in [0.25, 0.3) is 5.91 Å². The van der Waals surface area contributed by atoms with E-state index in [0.29, 0.717) is 61.2 Å². The van der Waals surface area contributed by atoms with Gasteiger partial charge in [0.15, 0.2) is 11.5 Å². The van der Waals surface area contributed by atoms with Crippen LogP contribution in [0, 0.1) is 17.8 Å². The minimum absolute atomic E-state index is 0.0514. The van der Waals surface area contributed by atoms with E-state index < -0.39 is 86.4 Å². The van der Waals surface area contributed by atoms with E-state index in [4.69, 9.17) is 14.2 Å². The molecule has 5 aliphatic rings. The molecule has 3 fully saturated rings. The highest BCUT2D eigenvalue weighted by Gasteiger charge is 2.64. The van der Waals surface area contributed by atoms with Crippen molar-refractivity contribution in [1.29, 1.82) is 0 Å². The summed E-state index contributed by atoms with van der Waals surface area (Å²) in [6.45, 7) is 8.66. The van der Waals surface area contributed by atoms with Crippen LogP contribution < -0.4 is 24.2 Å². The van der Waals surface area contributed by atoms with Gasteiger partial charge in [0.1, 0.15) is 48.4 Å². The highest BCUT2D eigenvalue weighted by molar-refractivity contribution is 7.91. The van der Waals surface area contributed by atoms with Crippen molar-refractivity contribution in [2.45, 2.75) is 120 Å². The van der Waals surface area contributed by atoms with Crippen LogP contribution in [-0.2, 0) is 24.4 Å². The Bertz CT molecular complexity index is 2100. The number of allylic oxidation sites excluding steroid dienone is 1. The van der Waals surface area contributed by atoms with Crippen LogP contribution in [0.15, 0.2) is 36.5 Å². The van der Waals surface area contributed by atoms with E-state index in [2.05, 4.69) is 21.9 Å². The molecule has 4 amide bonds. The Kier molecular flexibility index (Phi) is 11.1. The highest BCUT2D eigenvalue weighted by Crippen LogP contribution is 2.48.